The van der Waals surface area contributed by atoms with E-state index in [1.54, 1.807) is 0 Å². The van der Waals surface area contributed by atoms with Crippen molar-refractivity contribution in [3.63, 3.8) is 0 Å². The highest BCUT2D eigenvalue weighted by atomic mass is 16.5. The molecule has 0 heterocycles. The van der Waals surface area contributed by atoms with E-state index in [1.165, 1.54) is 14.2 Å². The van der Waals surface area contributed by atoms with Gasteiger partial charge in [0.1, 0.15) is 0 Å². The lowest BCUT2D eigenvalue weighted by molar-refractivity contribution is -0.154. The van der Waals surface area contributed by atoms with E-state index in [0.29, 0.717) is 6.42 Å². The summed E-state index contributed by atoms with van der Waals surface area (Å²) in [7, 11) is 2.85. The average molecular weight is 300 g/mol. The van der Waals surface area contributed by atoms with Crippen LogP contribution in [0.3, 0.4) is 0 Å². The molecule has 0 fully saturated rings. The third kappa shape index (κ3) is 5.68. The lowest BCUT2D eigenvalue weighted by atomic mass is 9.69. The molecule has 0 aromatic carbocycles. The summed E-state index contributed by atoms with van der Waals surface area (Å²) in [5.41, 5.74) is -1.03. The third-order valence-corrected chi connectivity index (χ3v) is 4.47. The average Bonchev–Trinajstić information content (AvgIpc) is 2.41. The molecule has 4 nitrogen and oxygen atoms in total. The van der Waals surface area contributed by atoms with Crippen molar-refractivity contribution in [3.05, 3.63) is 0 Å². The molecule has 0 saturated carbocycles. The molecule has 0 aromatic rings. The Kier molecular flexibility index (Phi) is 6.91. The minimum absolute atomic E-state index is 0.0534. The second-order valence-corrected chi connectivity index (χ2v) is 7.62. The number of carbonyl (C=O) groups is 2. The van der Waals surface area contributed by atoms with Crippen molar-refractivity contribution in [2.75, 3.05) is 14.2 Å². The van der Waals surface area contributed by atoms with Gasteiger partial charge in [0.05, 0.1) is 25.0 Å². The number of methoxy groups -OCH3 is 2. The van der Waals surface area contributed by atoms with Crippen LogP contribution >= 0.6 is 0 Å². The van der Waals surface area contributed by atoms with Gasteiger partial charge in [-0.15, -0.1) is 0 Å². The highest BCUT2D eigenvalue weighted by molar-refractivity contribution is 5.76. The van der Waals surface area contributed by atoms with E-state index in [1.807, 2.05) is 27.7 Å². The molecule has 0 aliphatic heterocycles. The molecule has 0 radical (unpaired) electrons. The first-order valence-corrected chi connectivity index (χ1v) is 7.61. The predicted octanol–water partition coefficient (Wildman–Crippen LogP) is 3.97. The van der Waals surface area contributed by atoms with Gasteiger partial charge in [0.25, 0.3) is 0 Å². The lowest BCUT2D eigenvalue weighted by Crippen LogP contribution is -2.34. The van der Waals surface area contributed by atoms with Gasteiger partial charge in [0.15, 0.2) is 0 Å². The first-order valence-electron chi connectivity index (χ1n) is 7.61. The van der Waals surface area contributed by atoms with E-state index in [0.717, 1.165) is 19.3 Å². The number of carbonyl (C=O) groups excluding carboxylic acids is 2. The molecule has 0 bridgehead atoms. The SMILES string of the molecule is CCC(C)(CCC(C)(C)CC(C)(C)C(=O)OC)C(=O)OC. The summed E-state index contributed by atoms with van der Waals surface area (Å²) in [6, 6.07) is 0. The molecule has 0 aliphatic rings. The highest BCUT2D eigenvalue weighted by Gasteiger charge is 2.38. The molecule has 0 aliphatic carbocycles. The van der Waals surface area contributed by atoms with Gasteiger partial charge in [0, 0.05) is 0 Å². The Morgan fingerprint density at radius 1 is 0.857 bits per heavy atom. The zero-order valence-electron chi connectivity index (χ0n) is 15.0. The van der Waals surface area contributed by atoms with Crippen LogP contribution in [0.2, 0.25) is 0 Å². The van der Waals surface area contributed by atoms with Gasteiger partial charge in [-0.1, -0.05) is 20.8 Å². The predicted molar refractivity (Wildman–Crippen MR) is 83.8 cm³/mol. The normalized spacial score (nSPS) is 15.2. The molecule has 0 saturated heterocycles. The second kappa shape index (κ2) is 7.28. The van der Waals surface area contributed by atoms with Gasteiger partial charge in [0.2, 0.25) is 0 Å². The van der Waals surface area contributed by atoms with Crippen molar-refractivity contribution in [2.24, 2.45) is 16.2 Å². The molecule has 4 heteroatoms. The Bertz CT molecular complexity index is 371. The standard InChI is InChI=1S/C17H32O4/c1-9-17(6,14(19)21-8)11-10-15(2,3)12-16(4,5)13(18)20-7/h9-12H2,1-8H3. The van der Waals surface area contributed by atoms with Gasteiger partial charge in [-0.3, -0.25) is 9.59 Å². The minimum Gasteiger partial charge on any atom is -0.469 e. The largest absolute Gasteiger partial charge is 0.469 e. The Morgan fingerprint density at radius 2 is 1.33 bits per heavy atom. The van der Waals surface area contributed by atoms with E-state index in [4.69, 9.17) is 9.47 Å². The molecular formula is C17H32O4. The van der Waals surface area contributed by atoms with Crippen molar-refractivity contribution in [2.45, 2.75) is 67.2 Å². The first kappa shape index (κ1) is 19.9. The van der Waals surface area contributed by atoms with E-state index in [-0.39, 0.29) is 17.4 Å². The van der Waals surface area contributed by atoms with Crippen LogP contribution in [-0.4, -0.2) is 26.2 Å². The van der Waals surface area contributed by atoms with Crippen molar-refractivity contribution in [3.8, 4) is 0 Å². The van der Waals surface area contributed by atoms with E-state index >= 15 is 0 Å². The number of ether oxygens (including phenoxy) is 2. The fourth-order valence-corrected chi connectivity index (χ4v) is 2.92. The first-order chi connectivity index (χ1) is 9.44. The van der Waals surface area contributed by atoms with Gasteiger partial charge in [-0.25, -0.2) is 0 Å². The summed E-state index contributed by atoms with van der Waals surface area (Å²) in [6.45, 7) is 12.0. The quantitative estimate of drug-likeness (QED) is 0.636. The topological polar surface area (TPSA) is 52.6 Å². The van der Waals surface area contributed by atoms with Crippen molar-refractivity contribution in [1.29, 1.82) is 0 Å². The van der Waals surface area contributed by atoms with Crippen LogP contribution < -0.4 is 0 Å². The maximum atomic E-state index is 11.9. The molecule has 0 amide bonds. The van der Waals surface area contributed by atoms with Crippen LogP contribution in [0.5, 0.6) is 0 Å². The maximum Gasteiger partial charge on any atom is 0.311 e. The summed E-state index contributed by atoms with van der Waals surface area (Å²) < 4.78 is 9.79. The molecule has 124 valence electrons. The summed E-state index contributed by atoms with van der Waals surface area (Å²) in [5, 5.41) is 0. The Morgan fingerprint density at radius 3 is 1.71 bits per heavy atom. The fraction of sp³-hybridized carbons (Fsp3) is 0.882. The van der Waals surface area contributed by atoms with Crippen molar-refractivity contribution in [1.82, 2.24) is 0 Å². The molecule has 1 unspecified atom stereocenters. The van der Waals surface area contributed by atoms with Gasteiger partial charge < -0.3 is 9.47 Å². The van der Waals surface area contributed by atoms with E-state index in [2.05, 4.69) is 13.8 Å². The molecular weight excluding hydrogens is 268 g/mol. The minimum atomic E-state index is -0.522. The monoisotopic (exact) mass is 300 g/mol. The van der Waals surface area contributed by atoms with Crippen LogP contribution in [0, 0.1) is 16.2 Å². The lowest BCUT2D eigenvalue weighted by Gasteiger charge is -2.35. The highest BCUT2D eigenvalue weighted by Crippen LogP contribution is 2.41. The summed E-state index contributed by atoms with van der Waals surface area (Å²) in [6.07, 6.45) is 3.07. The summed E-state index contributed by atoms with van der Waals surface area (Å²) in [4.78, 5) is 23.8. The molecule has 0 aromatic heterocycles. The van der Waals surface area contributed by atoms with E-state index < -0.39 is 10.8 Å². The van der Waals surface area contributed by atoms with Crippen molar-refractivity contribution >= 4 is 11.9 Å². The number of rotatable bonds is 8. The fourth-order valence-electron chi connectivity index (χ4n) is 2.92. The number of esters is 2. The molecule has 0 spiro atoms. The molecule has 0 rings (SSSR count). The van der Waals surface area contributed by atoms with Crippen LogP contribution in [0.15, 0.2) is 0 Å². The smallest absolute Gasteiger partial charge is 0.311 e. The zero-order chi connectivity index (χ0) is 16.9. The Labute approximate surface area is 129 Å². The second-order valence-electron chi connectivity index (χ2n) is 7.62. The van der Waals surface area contributed by atoms with Gasteiger partial charge >= 0.3 is 11.9 Å². The summed E-state index contributed by atoms with van der Waals surface area (Å²) in [5.74, 6) is -0.352. The van der Waals surface area contributed by atoms with Crippen LogP contribution in [0.4, 0.5) is 0 Å². The van der Waals surface area contributed by atoms with Crippen molar-refractivity contribution < 1.29 is 19.1 Å². The van der Waals surface area contributed by atoms with Crippen LogP contribution in [-0.2, 0) is 19.1 Å². The molecule has 21 heavy (non-hydrogen) atoms. The van der Waals surface area contributed by atoms with E-state index in [9.17, 15) is 9.59 Å². The summed E-state index contributed by atoms with van der Waals surface area (Å²) >= 11 is 0. The molecule has 1 atom stereocenters. The van der Waals surface area contributed by atoms with Gasteiger partial charge in [-0.2, -0.15) is 0 Å². The number of hydrogen-bond donors (Lipinski definition) is 0. The molecule has 0 N–H and O–H groups in total. The third-order valence-electron chi connectivity index (χ3n) is 4.47. The number of hydrogen-bond acceptors (Lipinski definition) is 4. The Hall–Kier alpha value is -1.06. The van der Waals surface area contributed by atoms with Crippen LogP contribution in [0.25, 0.3) is 0 Å². The zero-order valence-corrected chi connectivity index (χ0v) is 15.0. The van der Waals surface area contributed by atoms with Crippen LogP contribution in [0.1, 0.15) is 67.2 Å². The maximum absolute atomic E-state index is 11.9. The Balaban J connectivity index is 4.82. The van der Waals surface area contributed by atoms with Gasteiger partial charge in [-0.05, 0) is 51.9 Å².